The first-order valence-corrected chi connectivity index (χ1v) is 9.21. The highest BCUT2D eigenvalue weighted by atomic mass is 15.2. The zero-order valence-electron chi connectivity index (χ0n) is 15.1. The predicted octanol–water partition coefficient (Wildman–Crippen LogP) is 3.77. The number of nitrogens with zero attached hydrogens (tertiary/aromatic N) is 2. The van der Waals surface area contributed by atoms with Crippen LogP contribution in [-0.2, 0) is 19.3 Å². The van der Waals surface area contributed by atoms with Crippen LogP contribution in [-0.4, -0.2) is 49.1 Å². The molecule has 1 aromatic carbocycles. The van der Waals surface area contributed by atoms with Crippen molar-refractivity contribution in [1.29, 1.82) is 0 Å². The van der Waals surface area contributed by atoms with Gasteiger partial charge in [0.2, 0.25) is 0 Å². The SMILES string of the molecule is CCc1ccc2c(c1)CCC(N(C)CCN(CC)CC)CC2. The quantitative estimate of drug-likeness (QED) is 0.707. The average molecular weight is 303 g/mol. The van der Waals surface area contributed by atoms with Crippen molar-refractivity contribution in [2.75, 3.05) is 33.2 Å². The maximum Gasteiger partial charge on any atom is 0.0109 e. The Morgan fingerprint density at radius 3 is 2.27 bits per heavy atom. The van der Waals surface area contributed by atoms with E-state index in [1.165, 1.54) is 57.4 Å². The van der Waals surface area contributed by atoms with Crippen LogP contribution in [0.15, 0.2) is 18.2 Å². The van der Waals surface area contributed by atoms with Crippen molar-refractivity contribution in [3.05, 3.63) is 34.9 Å². The van der Waals surface area contributed by atoms with E-state index in [0.29, 0.717) is 0 Å². The number of hydrogen-bond donors (Lipinski definition) is 0. The van der Waals surface area contributed by atoms with Crippen LogP contribution in [0.1, 0.15) is 50.3 Å². The Balaban J connectivity index is 1.91. The fraction of sp³-hybridized carbons (Fsp3) is 0.700. The molecule has 2 heteroatoms. The van der Waals surface area contributed by atoms with E-state index in [9.17, 15) is 0 Å². The van der Waals surface area contributed by atoms with Gasteiger partial charge in [-0.2, -0.15) is 0 Å². The molecule has 0 N–H and O–H groups in total. The van der Waals surface area contributed by atoms with Crippen molar-refractivity contribution < 1.29 is 0 Å². The van der Waals surface area contributed by atoms with E-state index in [-0.39, 0.29) is 0 Å². The molecule has 0 heterocycles. The summed E-state index contributed by atoms with van der Waals surface area (Å²) >= 11 is 0. The topological polar surface area (TPSA) is 6.48 Å². The van der Waals surface area contributed by atoms with Crippen molar-refractivity contribution in [3.8, 4) is 0 Å². The molecule has 1 aliphatic carbocycles. The van der Waals surface area contributed by atoms with E-state index in [4.69, 9.17) is 0 Å². The Bertz CT molecular complexity index is 451. The first-order valence-electron chi connectivity index (χ1n) is 9.21. The Morgan fingerprint density at radius 1 is 0.955 bits per heavy atom. The summed E-state index contributed by atoms with van der Waals surface area (Å²) in [6, 6.07) is 7.90. The number of likely N-dealkylation sites (N-methyl/N-ethyl adjacent to an activating group) is 2. The highest BCUT2D eigenvalue weighted by Gasteiger charge is 2.20. The average Bonchev–Trinajstić information content (AvgIpc) is 2.77. The van der Waals surface area contributed by atoms with Gasteiger partial charge in [-0.05, 0) is 68.9 Å². The molecule has 1 aliphatic rings. The summed E-state index contributed by atoms with van der Waals surface area (Å²) in [7, 11) is 2.32. The highest BCUT2D eigenvalue weighted by Crippen LogP contribution is 2.24. The maximum atomic E-state index is 2.60. The van der Waals surface area contributed by atoms with Gasteiger partial charge in [0.25, 0.3) is 0 Å². The number of rotatable bonds is 7. The van der Waals surface area contributed by atoms with Gasteiger partial charge in [-0.15, -0.1) is 0 Å². The van der Waals surface area contributed by atoms with Gasteiger partial charge < -0.3 is 9.80 Å². The van der Waals surface area contributed by atoms with Crippen LogP contribution in [0, 0.1) is 0 Å². The van der Waals surface area contributed by atoms with Crippen LogP contribution in [0.3, 0.4) is 0 Å². The van der Waals surface area contributed by atoms with Crippen LogP contribution in [0.5, 0.6) is 0 Å². The summed E-state index contributed by atoms with van der Waals surface area (Å²) in [4.78, 5) is 5.13. The second-order valence-corrected chi connectivity index (χ2v) is 6.70. The Labute approximate surface area is 137 Å². The summed E-state index contributed by atoms with van der Waals surface area (Å²) in [6.07, 6.45) is 6.28. The van der Waals surface area contributed by atoms with E-state index in [2.05, 4.69) is 55.8 Å². The molecule has 0 radical (unpaired) electrons. The molecular weight excluding hydrogens is 268 g/mol. The van der Waals surface area contributed by atoms with Crippen molar-refractivity contribution in [2.45, 2.75) is 58.9 Å². The van der Waals surface area contributed by atoms with Crippen molar-refractivity contribution >= 4 is 0 Å². The molecule has 1 atom stereocenters. The molecule has 0 saturated heterocycles. The summed E-state index contributed by atoms with van der Waals surface area (Å²) in [6.45, 7) is 11.5. The normalized spacial score (nSPS) is 18.5. The van der Waals surface area contributed by atoms with Crippen LogP contribution in [0.2, 0.25) is 0 Å². The zero-order chi connectivity index (χ0) is 15.9. The van der Waals surface area contributed by atoms with E-state index >= 15 is 0 Å². The second-order valence-electron chi connectivity index (χ2n) is 6.70. The Kier molecular flexibility index (Phi) is 6.91. The minimum atomic E-state index is 0.744. The molecular formula is C20H34N2. The molecule has 0 bridgehead atoms. The minimum absolute atomic E-state index is 0.744. The smallest absolute Gasteiger partial charge is 0.0109 e. The lowest BCUT2D eigenvalue weighted by Gasteiger charge is -2.29. The number of hydrogen-bond acceptors (Lipinski definition) is 2. The van der Waals surface area contributed by atoms with Gasteiger partial charge in [-0.3, -0.25) is 0 Å². The zero-order valence-corrected chi connectivity index (χ0v) is 15.1. The predicted molar refractivity (Wildman–Crippen MR) is 96.7 cm³/mol. The van der Waals surface area contributed by atoms with Gasteiger partial charge in [0.1, 0.15) is 0 Å². The largest absolute Gasteiger partial charge is 0.303 e. The highest BCUT2D eigenvalue weighted by molar-refractivity contribution is 5.33. The third kappa shape index (κ3) is 4.57. The number of benzene rings is 1. The number of fused-ring (bicyclic) bond motifs is 1. The molecule has 1 aromatic rings. The molecule has 22 heavy (non-hydrogen) atoms. The van der Waals surface area contributed by atoms with Crippen molar-refractivity contribution in [3.63, 3.8) is 0 Å². The van der Waals surface area contributed by atoms with Crippen LogP contribution in [0.25, 0.3) is 0 Å². The maximum absolute atomic E-state index is 2.60. The molecule has 2 nitrogen and oxygen atoms in total. The lowest BCUT2D eigenvalue weighted by atomic mass is 9.99. The summed E-state index contributed by atoms with van der Waals surface area (Å²) in [5.74, 6) is 0. The van der Waals surface area contributed by atoms with Gasteiger partial charge in [0.15, 0.2) is 0 Å². The fourth-order valence-electron chi connectivity index (χ4n) is 3.63. The Morgan fingerprint density at radius 2 is 1.64 bits per heavy atom. The molecule has 0 spiro atoms. The van der Waals surface area contributed by atoms with Gasteiger partial charge in [0.05, 0.1) is 0 Å². The standard InChI is InChI=1S/C20H34N2/c1-5-17-8-9-18-10-12-20(13-11-19(18)16-17)21(4)14-15-22(6-2)7-3/h8-9,16,20H,5-7,10-15H2,1-4H3. The van der Waals surface area contributed by atoms with Crippen molar-refractivity contribution in [1.82, 2.24) is 9.80 Å². The van der Waals surface area contributed by atoms with Gasteiger partial charge in [0, 0.05) is 19.1 Å². The van der Waals surface area contributed by atoms with Crippen LogP contribution < -0.4 is 0 Å². The van der Waals surface area contributed by atoms with E-state index in [1.54, 1.807) is 11.1 Å². The Hall–Kier alpha value is -0.860. The summed E-state index contributed by atoms with van der Waals surface area (Å²) in [5.41, 5.74) is 4.70. The molecule has 0 fully saturated rings. The first-order chi connectivity index (χ1) is 10.7. The van der Waals surface area contributed by atoms with Gasteiger partial charge in [-0.1, -0.05) is 39.0 Å². The molecule has 1 unspecified atom stereocenters. The fourth-order valence-corrected chi connectivity index (χ4v) is 3.63. The van der Waals surface area contributed by atoms with E-state index < -0.39 is 0 Å². The van der Waals surface area contributed by atoms with E-state index in [0.717, 1.165) is 12.5 Å². The third-order valence-corrected chi connectivity index (χ3v) is 5.46. The molecule has 0 aromatic heterocycles. The molecule has 0 saturated carbocycles. The summed E-state index contributed by atoms with van der Waals surface area (Å²) < 4.78 is 0. The number of aryl methyl sites for hydroxylation is 3. The van der Waals surface area contributed by atoms with Gasteiger partial charge >= 0.3 is 0 Å². The first kappa shape index (κ1) is 17.5. The van der Waals surface area contributed by atoms with Crippen LogP contribution >= 0.6 is 0 Å². The van der Waals surface area contributed by atoms with E-state index in [1.807, 2.05) is 0 Å². The third-order valence-electron chi connectivity index (χ3n) is 5.46. The van der Waals surface area contributed by atoms with Crippen molar-refractivity contribution in [2.24, 2.45) is 0 Å². The minimum Gasteiger partial charge on any atom is -0.303 e. The second kappa shape index (κ2) is 8.69. The lowest BCUT2D eigenvalue weighted by molar-refractivity contribution is 0.184. The molecule has 2 rings (SSSR count). The van der Waals surface area contributed by atoms with Crippen LogP contribution in [0.4, 0.5) is 0 Å². The summed E-state index contributed by atoms with van der Waals surface area (Å²) in [5, 5.41) is 0. The molecule has 0 amide bonds. The molecule has 0 aliphatic heterocycles. The van der Waals surface area contributed by atoms with Gasteiger partial charge in [-0.25, -0.2) is 0 Å². The lowest BCUT2D eigenvalue weighted by Crippen LogP contribution is -2.38. The molecule has 124 valence electrons. The monoisotopic (exact) mass is 302 g/mol.